The van der Waals surface area contributed by atoms with Crippen molar-refractivity contribution in [2.75, 3.05) is 13.1 Å². The first kappa shape index (κ1) is 17.0. The molecule has 0 unspecified atom stereocenters. The molecule has 6 heteroatoms. The normalized spacial score (nSPS) is 23.9. The number of nitrogens with zero attached hydrogens (tertiary/aromatic N) is 3. The van der Waals surface area contributed by atoms with E-state index in [0.717, 1.165) is 37.0 Å². The van der Waals surface area contributed by atoms with Crippen LogP contribution in [0.25, 0.3) is 22.3 Å². The number of aromatic amines is 1. The predicted octanol–water partition coefficient (Wildman–Crippen LogP) is 3.47. The van der Waals surface area contributed by atoms with Gasteiger partial charge in [0.05, 0.1) is 5.69 Å². The molecule has 5 rings (SSSR count). The molecule has 0 bridgehead atoms. The Bertz CT molecular complexity index is 1070. The summed E-state index contributed by atoms with van der Waals surface area (Å²) in [6.07, 6.45) is 3.67. The number of aromatic hydroxyl groups is 1. The Kier molecular flexibility index (Phi) is 3.93. The molecule has 1 saturated carbocycles. The van der Waals surface area contributed by atoms with Crippen molar-refractivity contribution in [3.8, 4) is 17.0 Å². The molecular weight excluding hydrogens is 352 g/mol. The highest BCUT2D eigenvalue weighted by Gasteiger charge is 2.44. The van der Waals surface area contributed by atoms with Gasteiger partial charge in [0.1, 0.15) is 5.75 Å². The first-order valence-corrected chi connectivity index (χ1v) is 9.70. The van der Waals surface area contributed by atoms with Gasteiger partial charge in [-0.25, -0.2) is 0 Å². The Labute approximate surface area is 162 Å². The minimum atomic E-state index is 0.0305. The second-order valence-electron chi connectivity index (χ2n) is 7.83. The van der Waals surface area contributed by atoms with Crippen molar-refractivity contribution in [1.82, 2.24) is 20.1 Å². The van der Waals surface area contributed by atoms with Crippen LogP contribution >= 0.6 is 0 Å². The molecule has 1 aliphatic heterocycles. The number of phenolic OH excluding ortho intramolecular Hbond substituents is 1. The zero-order chi connectivity index (χ0) is 19.3. The second kappa shape index (κ2) is 6.48. The fourth-order valence-electron chi connectivity index (χ4n) is 4.94. The summed E-state index contributed by atoms with van der Waals surface area (Å²) >= 11 is 0. The number of phenols is 1. The van der Waals surface area contributed by atoms with E-state index < -0.39 is 0 Å². The molecule has 2 N–H and O–H groups in total. The quantitative estimate of drug-likeness (QED) is 0.688. The van der Waals surface area contributed by atoms with E-state index in [9.17, 15) is 9.90 Å². The molecule has 28 heavy (non-hydrogen) atoms. The van der Waals surface area contributed by atoms with Gasteiger partial charge in [-0.2, -0.15) is 0 Å². The van der Waals surface area contributed by atoms with E-state index in [0.29, 0.717) is 29.0 Å². The molecule has 2 aromatic heterocycles. The molecule has 2 fully saturated rings. The van der Waals surface area contributed by atoms with E-state index in [1.165, 1.54) is 11.8 Å². The lowest BCUT2D eigenvalue weighted by atomic mass is 9.90. The fraction of sp³-hybridized carbons (Fsp3) is 0.318. The van der Waals surface area contributed by atoms with Crippen LogP contribution in [0.5, 0.6) is 5.75 Å². The first-order valence-electron chi connectivity index (χ1n) is 9.70. The van der Waals surface area contributed by atoms with Gasteiger partial charge < -0.3 is 15.0 Å². The molecule has 1 saturated heterocycles. The van der Waals surface area contributed by atoms with Crippen molar-refractivity contribution in [3.63, 3.8) is 0 Å². The Morgan fingerprint density at radius 2 is 2.07 bits per heavy atom. The standard InChI is InChI=1S/C22H22N4O2/c1-2-21(28)26-11-13-7-8-15(17(13)12-26)18-9-14-10-19(24-25-22(14)23-18)16-5-3-4-6-20(16)27/h2-6,9-10,13,15,17,27H,1,7-8,11-12H2,(H,23,25)/t13-,15+,17+/m1/s1. The molecule has 3 heterocycles. The van der Waals surface area contributed by atoms with Crippen LogP contribution in [0.3, 0.4) is 0 Å². The van der Waals surface area contributed by atoms with E-state index in [4.69, 9.17) is 0 Å². The van der Waals surface area contributed by atoms with Crippen LogP contribution < -0.4 is 0 Å². The van der Waals surface area contributed by atoms with Gasteiger partial charge in [-0.1, -0.05) is 18.7 Å². The number of rotatable bonds is 3. The smallest absolute Gasteiger partial charge is 0.245 e. The molecule has 6 nitrogen and oxygen atoms in total. The molecule has 2 aliphatic rings. The molecule has 0 spiro atoms. The largest absolute Gasteiger partial charge is 0.507 e. The first-order chi connectivity index (χ1) is 13.6. The average molecular weight is 374 g/mol. The van der Waals surface area contributed by atoms with Crippen molar-refractivity contribution in [1.29, 1.82) is 0 Å². The highest BCUT2D eigenvalue weighted by molar-refractivity contribution is 5.87. The maximum Gasteiger partial charge on any atom is 0.245 e. The van der Waals surface area contributed by atoms with Crippen molar-refractivity contribution in [2.45, 2.75) is 18.8 Å². The van der Waals surface area contributed by atoms with Crippen LogP contribution in [0.4, 0.5) is 0 Å². The summed E-state index contributed by atoms with van der Waals surface area (Å²) in [6, 6.07) is 11.3. The summed E-state index contributed by atoms with van der Waals surface area (Å²) < 4.78 is 0. The van der Waals surface area contributed by atoms with Crippen molar-refractivity contribution >= 4 is 16.9 Å². The van der Waals surface area contributed by atoms with Gasteiger partial charge >= 0.3 is 0 Å². The van der Waals surface area contributed by atoms with Gasteiger partial charge in [0.25, 0.3) is 0 Å². The fourth-order valence-corrected chi connectivity index (χ4v) is 4.94. The van der Waals surface area contributed by atoms with E-state index in [1.807, 2.05) is 23.1 Å². The monoisotopic (exact) mass is 374 g/mol. The van der Waals surface area contributed by atoms with Crippen LogP contribution in [0.15, 0.2) is 49.1 Å². The van der Waals surface area contributed by atoms with E-state index in [2.05, 4.69) is 27.8 Å². The number of amides is 1. The molecule has 3 aromatic rings. The van der Waals surface area contributed by atoms with Gasteiger partial charge in [0.2, 0.25) is 5.91 Å². The summed E-state index contributed by atoms with van der Waals surface area (Å²) in [5, 5.41) is 19.7. The van der Waals surface area contributed by atoms with E-state index >= 15 is 0 Å². The lowest BCUT2D eigenvalue weighted by molar-refractivity contribution is -0.125. The Balaban J connectivity index is 1.45. The lowest BCUT2D eigenvalue weighted by Gasteiger charge is -2.19. The maximum absolute atomic E-state index is 12.0. The van der Waals surface area contributed by atoms with Crippen LogP contribution in [0, 0.1) is 11.8 Å². The molecule has 142 valence electrons. The zero-order valence-corrected chi connectivity index (χ0v) is 15.5. The number of H-pyrrole nitrogens is 1. The number of hydrogen-bond donors (Lipinski definition) is 2. The lowest BCUT2D eigenvalue weighted by Crippen LogP contribution is -2.28. The summed E-state index contributed by atoms with van der Waals surface area (Å²) in [5.74, 6) is 1.66. The Hall–Kier alpha value is -3.15. The third-order valence-electron chi connectivity index (χ3n) is 6.32. The zero-order valence-electron chi connectivity index (χ0n) is 15.5. The van der Waals surface area contributed by atoms with Crippen molar-refractivity contribution in [2.24, 2.45) is 11.8 Å². The number of hydrogen-bond acceptors (Lipinski definition) is 4. The minimum Gasteiger partial charge on any atom is -0.507 e. The van der Waals surface area contributed by atoms with Crippen LogP contribution in [0.2, 0.25) is 0 Å². The van der Waals surface area contributed by atoms with Crippen molar-refractivity contribution < 1.29 is 9.90 Å². The number of fused-ring (bicyclic) bond motifs is 2. The molecule has 1 amide bonds. The van der Waals surface area contributed by atoms with Crippen LogP contribution in [-0.2, 0) is 4.79 Å². The van der Waals surface area contributed by atoms with E-state index in [1.54, 1.807) is 12.1 Å². The third-order valence-corrected chi connectivity index (χ3v) is 6.32. The molecular formula is C22H22N4O2. The molecule has 0 radical (unpaired) electrons. The molecule has 1 aliphatic carbocycles. The van der Waals surface area contributed by atoms with Crippen LogP contribution in [0.1, 0.15) is 24.5 Å². The van der Waals surface area contributed by atoms with Gasteiger partial charge in [0.15, 0.2) is 5.65 Å². The number of likely N-dealkylation sites (tertiary alicyclic amines) is 1. The maximum atomic E-state index is 12.0. The van der Waals surface area contributed by atoms with Gasteiger partial charge in [-0.05, 0) is 55.0 Å². The average Bonchev–Trinajstić information content (AvgIpc) is 3.40. The summed E-state index contributed by atoms with van der Waals surface area (Å²) in [7, 11) is 0. The number of benzene rings is 1. The van der Waals surface area contributed by atoms with E-state index in [-0.39, 0.29) is 11.7 Å². The van der Waals surface area contributed by atoms with Gasteiger partial charge in [0, 0.05) is 35.7 Å². The SMILES string of the molecule is C=CC(=O)N1C[C@H]2CC[C@H](c3cc4cc(-c5ccccc5O)nnc4[nH]3)[C@H]2C1. The van der Waals surface area contributed by atoms with Crippen molar-refractivity contribution in [3.05, 3.63) is 54.7 Å². The number of para-hydroxylation sites is 1. The third kappa shape index (κ3) is 2.68. The Morgan fingerprint density at radius 3 is 2.89 bits per heavy atom. The molecule has 1 aromatic carbocycles. The summed E-state index contributed by atoms with van der Waals surface area (Å²) in [4.78, 5) is 17.4. The number of aromatic nitrogens is 3. The number of nitrogens with one attached hydrogen (secondary N) is 1. The number of carbonyl (C=O) groups excluding carboxylic acids is 1. The highest BCUT2D eigenvalue weighted by atomic mass is 16.3. The minimum absolute atomic E-state index is 0.0305. The van der Waals surface area contributed by atoms with Gasteiger partial charge in [-0.3, -0.25) is 4.79 Å². The number of carbonyl (C=O) groups is 1. The highest BCUT2D eigenvalue weighted by Crippen LogP contribution is 2.47. The predicted molar refractivity (Wildman–Crippen MR) is 107 cm³/mol. The van der Waals surface area contributed by atoms with Crippen LogP contribution in [-0.4, -0.2) is 44.2 Å². The second-order valence-corrected chi connectivity index (χ2v) is 7.83. The summed E-state index contributed by atoms with van der Waals surface area (Å²) in [5.41, 5.74) is 3.26. The summed E-state index contributed by atoms with van der Waals surface area (Å²) in [6.45, 7) is 5.25. The molecule has 3 atom stereocenters. The topological polar surface area (TPSA) is 82.1 Å². The Morgan fingerprint density at radius 1 is 1.21 bits per heavy atom. The van der Waals surface area contributed by atoms with Gasteiger partial charge in [-0.15, -0.1) is 10.2 Å².